The average molecular weight is 534 g/mol. The third-order valence-electron chi connectivity index (χ3n) is 7.36. The van der Waals surface area contributed by atoms with Gasteiger partial charge in [0.1, 0.15) is 28.5 Å². The van der Waals surface area contributed by atoms with Crippen molar-refractivity contribution in [1.29, 1.82) is 0 Å². The van der Waals surface area contributed by atoms with Crippen molar-refractivity contribution < 1.29 is 42.1 Å². The summed E-state index contributed by atoms with van der Waals surface area (Å²) in [6.07, 6.45) is 3.90. The summed E-state index contributed by atoms with van der Waals surface area (Å²) >= 11 is 0. The van der Waals surface area contributed by atoms with E-state index in [4.69, 9.17) is 9.15 Å². The van der Waals surface area contributed by atoms with Gasteiger partial charge in [0.2, 0.25) is 10.0 Å². The molecule has 0 bridgehead atoms. The molecular formula is C26H28FNO8S. The van der Waals surface area contributed by atoms with Crippen molar-refractivity contribution in [3.63, 3.8) is 0 Å². The summed E-state index contributed by atoms with van der Waals surface area (Å²) in [5, 5.41) is 29.8. The van der Waals surface area contributed by atoms with E-state index in [0.29, 0.717) is 18.4 Å². The number of benzene rings is 2. The van der Waals surface area contributed by atoms with Crippen LogP contribution in [0.2, 0.25) is 0 Å². The minimum Gasteiger partial charge on any atom is -0.491 e. The molecule has 37 heavy (non-hydrogen) atoms. The summed E-state index contributed by atoms with van der Waals surface area (Å²) in [5.41, 5.74) is -0.539. The summed E-state index contributed by atoms with van der Waals surface area (Å²) < 4.78 is 52.5. The number of carboxylic acid groups (broad SMARTS) is 1. The lowest BCUT2D eigenvalue weighted by Crippen LogP contribution is -2.37. The second kappa shape index (κ2) is 9.00. The van der Waals surface area contributed by atoms with Crippen LogP contribution in [-0.4, -0.2) is 62.3 Å². The Morgan fingerprint density at radius 1 is 1.08 bits per heavy atom. The van der Waals surface area contributed by atoms with Crippen molar-refractivity contribution in [2.75, 3.05) is 36.9 Å². The lowest BCUT2D eigenvalue weighted by atomic mass is 10.0. The lowest BCUT2D eigenvalue weighted by molar-refractivity contribution is 0.0699. The van der Waals surface area contributed by atoms with E-state index in [1.54, 1.807) is 0 Å². The van der Waals surface area contributed by atoms with Crippen LogP contribution in [0.4, 0.5) is 10.1 Å². The lowest BCUT2D eigenvalue weighted by Gasteiger charge is -2.28. The van der Waals surface area contributed by atoms with Crippen LogP contribution in [0.15, 0.2) is 40.8 Å². The van der Waals surface area contributed by atoms with Gasteiger partial charge in [0.15, 0.2) is 0 Å². The molecule has 2 aliphatic rings. The molecular weight excluding hydrogens is 505 g/mol. The second-order valence-electron chi connectivity index (χ2n) is 10.3. The number of fused-ring (bicyclic) bond motifs is 1. The zero-order valence-corrected chi connectivity index (χ0v) is 21.1. The van der Waals surface area contributed by atoms with Crippen molar-refractivity contribution in [1.82, 2.24) is 0 Å². The summed E-state index contributed by atoms with van der Waals surface area (Å²) in [7, 11) is -3.84. The van der Waals surface area contributed by atoms with Crippen LogP contribution in [0.3, 0.4) is 0 Å². The third kappa shape index (κ3) is 4.90. The number of ether oxygens (including phenoxy) is 1. The van der Waals surface area contributed by atoms with Gasteiger partial charge in [-0.1, -0.05) is 0 Å². The number of anilines is 1. The molecule has 2 fully saturated rings. The summed E-state index contributed by atoms with van der Waals surface area (Å²) in [6, 6.07) is 8.04. The molecule has 5 rings (SSSR count). The quantitative estimate of drug-likeness (QED) is 0.340. The predicted molar refractivity (Wildman–Crippen MR) is 134 cm³/mol. The van der Waals surface area contributed by atoms with Gasteiger partial charge in [0.25, 0.3) is 0 Å². The number of carboxylic acids is 1. The fourth-order valence-corrected chi connectivity index (χ4v) is 5.43. The molecule has 2 aromatic carbocycles. The zero-order valence-electron chi connectivity index (χ0n) is 20.2. The number of hydrogen-bond donors (Lipinski definition) is 3. The molecule has 3 aromatic rings. The van der Waals surface area contributed by atoms with Gasteiger partial charge in [0, 0.05) is 34.4 Å². The number of halogens is 1. The van der Waals surface area contributed by atoms with E-state index in [9.17, 15) is 32.9 Å². The number of aliphatic hydroxyl groups is 2. The zero-order chi connectivity index (χ0) is 26.6. The molecule has 2 aliphatic carbocycles. The highest BCUT2D eigenvalue weighted by molar-refractivity contribution is 7.92. The maximum absolute atomic E-state index is 13.5. The van der Waals surface area contributed by atoms with E-state index >= 15 is 0 Å². The van der Waals surface area contributed by atoms with E-state index in [1.807, 2.05) is 0 Å². The Kier molecular flexibility index (Phi) is 6.20. The Morgan fingerprint density at radius 3 is 2.22 bits per heavy atom. The number of aliphatic hydroxyl groups excluding tert-OH is 2. The van der Waals surface area contributed by atoms with Crippen molar-refractivity contribution in [2.24, 2.45) is 10.8 Å². The third-order valence-corrected chi connectivity index (χ3v) is 8.48. The summed E-state index contributed by atoms with van der Waals surface area (Å²) in [5.74, 6) is -1.64. The SMILES string of the molecule is CS(=O)(=O)N(CC1(CO)CC1)c1cc2oc(-c3ccc(F)cc3)c(C(=O)O)c2cc1OCC1(CO)CC1. The number of nitrogens with zero attached hydrogens (tertiary/aromatic N) is 1. The Hall–Kier alpha value is -3.15. The Morgan fingerprint density at radius 2 is 1.70 bits per heavy atom. The first kappa shape index (κ1) is 25.5. The molecule has 0 spiro atoms. The number of sulfonamides is 1. The first-order valence-corrected chi connectivity index (χ1v) is 13.8. The minimum absolute atomic E-state index is 0.000418. The van der Waals surface area contributed by atoms with E-state index in [-0.39, 0.29) is 60.1 Å². The normalized spacial score (nSPS) is 17.5. The van der Waals surface area contributed by atoms with Crippen LogP contribution in [0.1, 0.15) is 36.0 Å². The topological polar surface area (TPSA) is 138 Å². The number of hydrogen-bond acceptors (Lipinski definition) is 7. The van der Waals surface area contributed by atoms with E-state index in [2.05, 4.69) is 0 Å². The largest absolute Gasteiger partial charge is 0.491 e. The highest BCUT2D eigenvalue weighted by Crippen LogP contribution is 2.50. The molecule has 2 saturated carbocycles. The molecule has 0 unspecified atom stereocenters. The molecule has 9 nitrogen and oxygen atoms in total. The second-order valence-corrected chi connectivity index (χ2v) is 12.2. The van der Waals surface area contributed by atoms with Crippen molar-refractivity contribution >= 4 is 32.6 Å². The fraction of sp³-hybridized carbons (Fsp3) is 0.423. The molecule has 198 valence electrons. The monoisotopic (exact) mass is 533 g/mol. The molecule has 1 heterocycles. The van der Waals surface area contributed by atoms with Gasteiger partial charge in [-0.3, -0.25) is 4.31 Å². The molecule has 0 atom stereocenters. The van der Waals surface area contributed by atoms with E-state index < -0.39 is 32.6 Å². The minimum atomic E-state index is -3.84. The van der Waals surface area contributed by atoms with Gasteiger partial charge in [-0.2, -0.15) is 0 Å². The number of carbonyl (C=O) groups is 1. The van der Waals surface area contributed by atoms with Crippen molar-refractivity contribution in [3.05, 3.63) is 47.8 Å². The molecule has 0 aliphatic heterocycles. The number of furan rings is 1. The maximum Gasteiger partial charge on any atom is 0.340 e. The molecule has 0 saturated heterocycles. The Balaban J connectivity index is 1.69. The standard InChI is InChI=1S/C26H28FNO8S/c1-37(33,34)28(12-25(13-29)6-7-25)19-11-20-18(10-21(19)35-15-26(14-30)8-9-26)22(24(31)32)23(36-20)16-2-4-17(27)5-3-16/h2-5,10-11,29-30H,6-9,12-15H2,1H3,(H,31,32). The van der Waals surface area contributed by atoms with Crippen LogP contribution in [0, 0.1) is 16.6 Å². The van der Waals surface area contributed by atoms with Gasteiger partial charge in [0.05, 0.1) is 31.8 Å². The smallest absolute Gasteiger partial charge is 0.340 e. The Bertz CT molecular complexity index is 1460. The molecule has 0 radical (unpaired) electrons. The van der Waals surface area contributed by atoms with Crippen molar-refractivity contribution in [3.8, 4) is 17.1 Å². The molecule has 3 N–H and O–H groups in total. The first-order valence-electron chi connectivity index (χ1n) is 11.9. The Labute approximate surface area is 213 Å². The van der Waals surface area contributed by atoms with Gasteiger partial charge in [-0.05, 0) is 56.0 Å². The number of rotatable bonds is 11. The van der Waals surface area contributed by atoms with E-state index in [1.165, 1.54) is 36.4 Å². The van der Waals surface area contributed by atoms with Crippen LogP contribution in [0.5, 0.6) is 5.75 Å². The van der Waals surface area contributed by atoms with Crippen LogP contribution >= 0.6 is 0 Å². The maximum atomic E-state index is 13.5. The number of aromatic carboxylic acids is 1. The van der Waals surface area contributed by atoms with Gasteiger partial charge < -0.3 is 24.5 Å². The molecule has 11 heteroatoms. The fourth-order valence-electron chi connectivity index (χ4n) is 4.42. The van der Waals surface area contributed by atoms with Crippen LogP contribution in [0.25, 0.3) is 22.3 Å². The average Bonchev–Trinajstić information content (AvgIpc) is 3.77. The van der Waals surface area contributed by atoms with Gasteiger partial charge in [-0.25, -0.2) is 17.6 Å². The molecule has 1 aromatic heterocycles. The molecule has 0 amide bonds. The van der Waals surface area contributed by atoms with Crippen molar-refractivity contribution in [2.45, 2.75) is 25.7 Å². The van der Waals surface area contributed by atoms with Gasteiger partial charge >= 0.3 is 5.97 Å². The first-order chi connectivity index (χ1) is 17.5. The van der Waals surface area contributed by atoms with Gasteiger partial charge in [-0.15, -0.1) is 0 Å². The summed E-state index contributed by atoms with van der Waals surface area (Å²) in [6.45, 7) is -0.124. The highest BCUT2D eigenvalue weighted by atomic mass is 32.2. The van der Waals surface area contributed by atoms with E-state index in [0.717, 1.165) is 23.4 Å². The summed E-state index contributed by atoms with van der Waals surface area (Å²) in [4.78, 5) is 12.3. The van der Waals surface area contributed by atoms with Crippen LogP contribution in [-0.2, 0) is 10.0 Å². The highest BCUT2D eigenvalue weighted by Gasteiger charge is 2.46. The van der Waals surface area contributed by atoms with Crippen LogP contribution < -0.4 is 9.04 Å². The predicted octanol–water partition coefficient (Wildman–Crippen LogP) is 3.63.